The maximum Gasteiger partial charge on any atom is 0.321 e. The topological polar surface area (TPSA) is 97.5 Å². The largest absolute Gasteiger partial charge is 0.480 e. The fourth-order valence-corrected chi connectivity index (χ4v) is 1.55. The van der Waals surface area contributed by atoms with Crippen LogP contribution in [0, 0.1) is 5.82 Å². The zero-order valence-electron chi connectivity index (χ0n) is 9.59. The van der Waals surface area contributed by atoms with Crippen molar-refractivity contribution < 1.29 is 23.9 Å². The van der Waals surface area contributed by atoms with E-state index in [2.05, 4.69) is 0 Å². The van der Waals surface area contributed by atoms with E-state index >= 15 is 0 Å². The summed E-state index contributed by atoms with van der Waals surface area (Å²) >= 11 is 0. The molecule has 5 nitrogen and oxygen atoms in total. The van der Waals surface area contributed by atoms with Crippen molar-refractivity contribution in [1.82, 2.24) is 0 Å². The fraction of sp³-hybridized carbons (Fsp3) is 0.250. The van der Waals surface area contributed by atoms with Crippen LogP contribution in [-0.4, -0.2) is 29.7 Å². The SMILES string of the molecule is CC(c1cc(C=O)c(F)c(C=O)c1)[C@H](N)C(=O)O. The highest BCUT2D eigenvalue weighted by Gasteiger charge is 2.23. The van der Waals surface area contributed by atoms with Crippen LogP contribution in [0.3, 0.4) is 0 Å². The highest BCUT2D eigenvalue weighted by Crippen LogP contribution is 2.23. The van der Waals surface area contributed by atoms with Crippen LogP contribution >= 0.6 is 0 Å². The standard InChI is InChI=1S/C12H12FNO4/c1-6(11(14)12(17)18)7-2-8(4-15)10(13)9(3-7)5-16/h2-6,11H,14H2,1H3,(H,17,18)/t6?,11-/m0/s1. The summed E-state index contributed by atoms with van der Waals surface area (Å²) < 4.78 is 13.5. The van der Waals surface area contributed by atoms with Gasteiger partial charge in [0.15, 0.2) is 12.6 Å². The van der Waals surface area contributed by atoms with E-state index in [4.69, 9.17) is 10.8 Å². The van der Waals surface area contributed by atoms with Gasteiger partial charge in [-0.25, -0.2) is 4.39 Å². The Morgan fingerprint density at radius 1 is 1.33 bits per heavy atom. The van der Waals surface area contributed by atoms with Crippen molar-refractivity contribution >= 4 is 18.5 Å². The van der Waals surface area contributed by atoms with Crippen molar-refractivity contribution in [1.29, 1.82) is 0 Å². The molecule has 1 aromatic rings. The number of aliphatic carboxylic acids is 1. The first-order chi connectivity index (χ1) is 8.42. The summed E-state index contributed by atoms with van der Waals surface area (Å²) in [6, 6.07) is 1.19. The van der Waals surface area contributed by atoms with Crippen LogP contribution in [-0.2, 0) is 4.79 Å². The number of benzene rings is 1. The van der Waals surface area contributed by atoms with Crippen molar-refractivity contribution in [3.63, 3.8) is 0 Å². The monoisotopic (exact) mass is 253 g/mol. The predicted octanol–water partition coefficient (Wildman–Crippen LogP) is 0.966. The molecule has 2 atom stereocenters. The Morgan fingerprint density at radius 2 is 1.78 bits per heavy atom. The lowest BCUT2D eigenvalue weighted by molar-refractivity contribution is -0.139. The molecule has 0 bridgehead atoms. The Bertz CT molecular complexity index is 472. The molecule has 0 aliphatic rings. The fourth-order valence-electron chi connectivity index (χ4n) is 1.55. The zero-order valence-corrected chi connectivity index (χ0v) is 9.59. The third kappa shape index (κ3) is 2.60. The summed E-state index contributed by atoms with van der Waals surface area (Å²) in [5.74, 6) is -2.78. The molecule has 0 radical (unpaired) electrons. The van der Waals surface area contributed by atoms with Crippen molar-refractivity contribution in [3.8, 4) is 0 Å². The van der Waals surface area contributed by atoms with Crippen molar-refractivity contribution in [2.45, 2.75) is 18.9 Å². The van der Waals surface area contributed by atoms with Gasteiger partial charge in [-0.05, 0) is 17.7 Å². The predicted molar refractivity (Wildman–Crippen MR) is 61.2 cm³/mol. The summed E-state index contributed by atoms with van der Waals surface area (Å²) in [5.41, 5.74) is 5.19. The minimum absolute atomic E-state index is 0.269. The van der Waals surface area contributed by atoms with E-state index < -0.39 is 23.7 Å². The molecule has 0 fully saturated rings. The van der Waals surface area contributed by atoms with Crippen LogP contribution < -0.4 is 5.73 Å². The number of hydrogen-bond acceptors (Lipinski definition) is 4. The number of carboxylic acid groups (broad SMARTS) is 1. The minimum atomic E-state index is -1.22. The molecule has 0 aliphatic carbocycles. The Hall–Kier alpha value is -2.08. The van der Waals surface area contributed by atoms with Gasteiger partial charge in [0.2, 0.25) is 0 Å². The molecule has 0 heterocycles. The first kappa shape index (κ1) is 14.0. The molecule has 6 heteroatoms. The van der Waals surface area contributed by atoms with Gasteiger partial charge in [0, 0.05) is 5.92 Å². The van der Waals surface area contributed by atoms with E-state index in [1.807, 2.05) is 0 Å². The van der Waals surface area contributed by atoms with Gasteiger partial charge in [0.05, 0.1) is 11.1 Å². The molecule has 0 spiro atoms. The lowest BCUT2D eigenvalue weighted by Gasteiger charge is -2.17. The van der Waals surface area contributed by atoms with Crippen LogP contribution in [0.5, 0.6) is 0 Å². The van der Waals surface area contributed by atoms with Crippen LogP contribution in [0.2, 0.25) is 0 Å². The van der Waals surface area contributed by atoms with Gasteiger partial charge >= 0.3 is 5.97 Å². The number of aldehydes is 2. The third-order valence-corrected chi connectivity index (χ3v) is 2.75. The van der Waals surface area contributed by atoms with Gasteiger partial charge in [0.1, 0.15) is 11.9 Å². The van der Waals surface area contributed by atoms with Crippen LogP contribution in [0.25, 0.3) is 0 Å². The highest BCUT2D eigenvalue weighted by molar-refractivity contribution is 5.83. The van der Waals surface area contributed by atoms with E-state index in [0.29, 0.717) is 5.56 Å². The van der Waals surface area contributed by atoms with E-state index in [-0.39, 0.29) is 23.7 Å². The van der Waals surface area contributed by atoms with Crippen molar-refractivity contribution in [3.05, 3.63) is 34.6 Å². The van der Waals surface area contributed by atoms with Gasteiger partial charge in [-0.3, -0.25) is 14.4 Å². The average molecular weight is 253 g/mol. The maximum atomic E-state index is 13.5. The summed E-state index contributed by atoms with van der Waals surface area (Å²) in [6.45, 7) is 1.52. The Balaban J connectivity index is 3.29. The third-order valence-electron chi connectivity index (χ3n) is 2.75. The molecular formula is C12H12FNO4. The summed E-state index contributed by atoms with van der Waals surface area (Å²) in [5, 5.41) is 8.78. The molecule has 1 aromatic carbocycles. The Kier molecular flexibility index (Phi) is 4.28. The number of hydrogen-bond donors (Lipinski definition) is 2. The van der Waals surface area contributed by atoms with E-state index in [9.17, 15) is 18.8 Å². The number of rotatable bonds is 5. The lowest BCUT2D eigenvalue weighted by Crippen LogP contribution is -2.35. The average Bonchev–Trinajstić information content (AvgIpc) is 2.37. The molecule has 0 aliphatic heterocycles. The van der Waals surface area contributed by atoms with Crippen molar-refractivity contribution in [2.75, 3.05) is 0 Å². The number of carbonyl (C=O) groups excluding carboxylic acids is 2. The number of carbonyl (C=O) groups is 3. The van der Waals surface area contributed by atoms with Gasteiger partial charge in [0.25, 0.3) is 0 Å². The second-order valence-electron chi connectivity index (χ2n) is 3.90. The van der Waals surface area contributed by atoms with Gasteiger partial charge in [-0.1, -0.05) is 6.92 Å². The first-order valence-electron chi connectivity index (χ1n) is 5.14. The number of nitrogens with two attached hydrogens (primary N) is 1. The normalized spacial score (nSPS) is 13.7. The lowest BCUT2D eigenvalue weighted by atomic mass is 9.91. The molecule has 0 amide bonds. The van der Waals surface area contributed by atoms with Crippen LogP contribution in [0.4, 0.5) is 4.39 Å². The van der Waals surface area contributed by atoms with E-state index in [1.165, 1.54) is 19.1 Å². The minimum Gasteiger partial charge on any atom is -0.480 e. The quantitative estimate of drug-likeness (QED) is 0.762. The maximum absolute atomic E-state index is 13.5. The molecule has 18 heavy (non-hydrogen) atoms. The summed E-state index contributed by atoms with van der Waals surface area (Å²) in [6.07, 6.45) is 0.537. The second-order valence-corrected chi connectivity index (χ2v) is 3.90. The smallest absolute Gasteiger partial charge is 0.321 e. The highest BCUT2D eigenvalue weighted by atomic mass is 19.1. The molecule has 0 saturated carbocycles. The van der Waals surface area contributed by atoms with Crippen molar-refractivity contribution in [2.24, 2.45) is 5.73 Å². The Labute approximate surface area is 102 Å². The second kappa shape index (κ2) is 5.50. The molecule has 96 valence electrons. The summed E-state index contributed by atoms with van der Waals surface area (Å²) in [4.78, 5) is 32.1. The molecule has 1 rings (SSSR count). The van der Waals surface area contributed by atoms with E-state index in [0.717, 1.165) is 0 Å². The van der Waals surface area contributed by atoms with Crippen LogP contribution in [0.15, 0.2) is 12.1 Å². The van der Waals surface area contributed by atoms with Gasteiger partial charge in [-0.15, -0.1) is 0 Å². The molecule has 3 N–H and O–H groups in total. The first-order valence-corrected chi connectivity index (χ1v) is 5.14. The summed E-state index contributed by atoms with van der Waals surface area (Å²) in [7, 11) is 0. The van der Waals surface area contributed by atoms with Gasteiger partial charge in [-0.2, -0.15) is 0 Å². The van der Waals surface area contributed by atoms with Gasteiger partial charge < -0.3 is 10.8 Å². The zero-order chi connectivity index (χ0) is 13.9. The number of halogens is 1. The number of carboxylic acids is 1. The Morgan fingerprint density at radius 3 is 2.11 bits per heavy atom. The molecule has 0 aromatic heterocycles. The van der Waals surface area contributed by atoms with E-state index in [1.54, 1.807) is 0 Å². The molecule has 1 unspecified atom stereocenters. The van der Waals surface area contributed by atoms with Crippen LogP contribution in [0.1, 0.15) is 39.1 Å². The molecule has 0 saturated heterocycles. The molecular weight excluding hydrogens is 241 g/mol.